The highest BCUT2D eigenvalue weighted by Gasteiger charge is 2.34. The predicted molar refractivity (Wildman–Crippen MR) is 275 cm³/mol. The first kappa shape index (κ1) is 56.0. The van der Waals surface area contributed by atoms with Crippen LogP contribution < -0.4 is 31.9 Å². The fourth-order valence-corrected chi connectivity index (χ4v) is 8.53. The summed E-state index contributed by atoms with van der Waals surface area (Å²) in [6.07, 6.45) is 1.66. The third-order valence-corrected chi connectivity index (χ3v) is 12.4. The molecule has 0 radical (unpaired) electrons. The van der Waals surface area contributed by atoms with Crippen molar-refractivity contribution in [3.05, 3.63) is 144 Å². The molecule has 7 N–H and O–H groups in total. The van der Waals surface area contributed by atoms with Gasteiger partial charge in [-0.15, -0.1) is 0 Å². The van der Waals surface area contributed by atoms with Crippen LogP contribution in [0.5, 0.6) is 0 Å². The number of aliphatic carboxylic acids is 1. The first-order valence-corrected chi connectivity index (χ1v) is 25.1. The first-order chi connectivity index (χ1) is 34.6. The number of aryl methyl sites for hydroxylation is 2. The molecule has 72 heavy (non-hydrogen) atoms. The molecule has 16 heteroatoms. The third-order valence-electron chi connectivity index (χ3n) is 12.4. The Morgan fingerprint density at radius 2 is 0.792 bits per heavy atom. The largest absolute Gasteiger partial charge is 0.480 e. The van der Waals surface area contributed by atoms with Crippen molar-refractivity contribution in [3.63, 3.8) is 0 Å². The summed E-state index contributed by atoms with van der Waals surface area (Å²) in [4.78, 5) is 99.5. The molecule has 4 aromatic carbocycles. The van der Waals surface area contributed by atoms with Crippen LogP contribution in [0.15, 0.2) is 121 Å². The van der Waals surface area contributed by atoms with Crippen LogP contribution >= 0.6 is 0 Å². The Bertz CT molecular complexity index is 2330. The number of carbonyl (C=O) groups excluding carboxylic acids is 6. The van der Waals surface area contributed by atoms with Crippen molar-refractivity contribution >= 4 is 41.4 Å². The monoisotopic (exact) mass is 988 g/mol. The fraction of sp³-hybridized carbons (Fsp3) is 0.446. The lowest BCUT2D eigenvalue weighted by Crippen LogP contribution is -2.60. The van der Waals surface area contributed by atoms with Crippen molar-refractivity contribution in [2.24, 2.45) is 11.8 Å². The minimum atomic E-state index is -1.27. The van der Waals surface area contributed by atoms with Gasteiger partial charge in [0.25, 0.3) is 0 Å². The SMILES string of the molecule is CC(C)C[C@H](NC(=O)[C@H](CCc1ccccc1)NC(=O)[C@H](Cc1ccccc1)NC(=O)[C@H](CC(C)C)NC(=O)[C@H](CCc1ccccc1)NC(=O)CN1CCOCC1)C(=O)N[C@@H](Cc1ccccc1)C(=O)O. The molecule has 0 aliphatic carbocycles. The highest BCUT2D eigenvalue weighted by molar-refractivity contribution is 5.97. The third kappa shape index (κ3) is 19.7. The summed E-state index contributed by atoms with van der Waals surface area (Å²) in [7, 11) is 0. The summed E-state index contributed by atoms with van der Waals surface area (Å²) in [6, 6.07) is 30.0. The van der Waals surface area contributed by atoms with E-state index in [1.165, 1.54) is 0 Å². The minimum Gasteiger partial charge on any atom is -0.480 e. The maximum absolute atomic E-state index is 14.7. The summed E-state index contributed by atoms with van der Waals surface area (Å²) in [5.74, 6) is -4.92. The van der Waals surface area contributed by atoms with E-state index in [9.17, 15) is 38.7 Å². The van der Waals surface area contributed by atoms with Crippen LogP contribution in [-0.2, 0) is 64.0 Å². The molecule has 1 saturated heterocycles. The molecule has 5 rings (SSSR count). The van der Waals surface area contributed by atoms with E-state index in [-0.39, 0.29) is 62.8 Å². The number of benzene rings is 4. The molecule has 6 amide bonds. The topological polar surface area (TPSA) is 224 Å². The normalized spacial score (nSPS) is 15.2. The zero-order valence-corrected chi connectivity index (χ0v) is 42.0. The molecule has 1 heterocycles. The van der Waals surface area contributed by atoms with Gasteiger partial charge >= 0.3 is 5.97 Å². The molecule has 1 aliphatic rings. The first-order valence-electron chi connectivity index (χ1n) is 25.1. The number of hydrogen-bond donors (Lipinski definition) is 7. The minimum absolute atomic E-state index is 0.0248. The summed E-state index contributed by atoms with van der Waals surface area (Å²) in [6.45, 7) is 9.83. The lowest BCUT2D eigenvalue weighted by molar-refractivity contribution is -0.142. The smallest absolute Gasteiger partial charge is 0.326 e. The molecule has 0 saturated carbocycles. The number of nitrogens with zero attached hydrogens (tertiary/aromatic N) is 1. The molecule has 1 fully saturated rings. The van der Waals surface area contributed by atoms with Crippen molar-refractivity contribution in [1.29, 1.82) is 0 Å². The van der Waals surface area contributed by atoms with Crippen molar-refractivity contribution in [2.75, 3.05) is 32.8 Å². The second-order valence-corrected chi connectivity index (χ2v) is 19.3. The number of rotatable bonds is 28. The molecule has 6 atom stereocenters. The average molecular weight is 988 g/mol. The van der Waals surface area contributed by atoms with E-state index in [4.69, 9.17) is 4.74 Å². The van der Waals surface area contributed by atoms with Crippen LogP contribution in [-0.4, -0.2) is 121 Å². The van der Waals surface area contributed by atoms with E-state index in [1.54, 1.807) is 24.3 Å². The Balaban J connectivity index is 1.37. The van der Waals surface area contributed by atoms with Gasteiger partial charge in [-0.05, 0) is 72.6 Å². The van der Waals surface area contributed by atoms with Crippen molar-refractivity contribution in [2.45, 2.75) is 115 Å². The standard InChI is InChI=1S/C56H73N7O9/c1-38(2)33-46(59-51(65)44(27-25-40-17-9-5-10-18-40)57-50(64)37-63-29-31-72-32-30-63)53(67)61-48(35-42-21-13-7-14-22-42)55(69)58-45(28-26-41-19-11-6-12-20-41)52(66)60-47(34-39(3)4)54(68)62-49(56(70)71)36-43-23-15-8-16-24-43/h5-24,38-39,44-49H,25-37H2,1-4H3,(H,57,64)(H,58,69)(H,59,65)(H,60,66)(H,61,67)(H,62,68)(H,70,71)/t44-,45-,46-,47-,48-,49-/m0/s1. The van der Waals surface area contributed by atoms with Crippen LogP contribution in [0.25, 0.3) is 0 Å². The molecule has 0 aromatic heterocycles. The highest BCUT2D eigenvalue weighted by atomic mass is 16.5. The second kappa shape index (κ2) is 29.4. The van der Waals surface area contributed by atoms with Gasteiger partial charge in [-0.2, -0.15) is 0 Å². The Morgan fingerprint density at radius 1 is 0.458 bits per heavy atom. The highest BCUT2D eigenvalue weighted by Crippen LogP contribution is 2.14. The lowest BCUT2D eigenvalue weighted by Gasteiger charge is -2.29. The Labute approximate surface area is 423 Å². The van der Waals surface area contributed by atoms with E-state index in [2.05, 4.69) is 31.9 Å². The predicted octanol–water partition coefficient (Wildman–Crippen LogP) is 4.16. The molecular formula is C56H73N7O9. The van der Waals surface area contributed by atoms with Crippen molar-refractivity contribution in [1.82, 2.24) is 36.8 Å². The molecule has 16 nitrogen and oxygen atoms in total. The van der Waals surface area contributed by atoms with Crippen LogP contribution in [0.4, 0.5) is 0 Å². The molecule has 0 bridgehead atoms. The van der Waals surface area contributed by atoms with E-state index in [1.807, 2.05) is 130 Å². The quantitative estimate of drug-likeness (QED) is 0.0431. The van der Waals surface area contributed by atoms with Gasteiger partial charge < -0.3 is 41.7 Å². The van der Waals surface area contributed by atoms with Crippen LogP contribution in [0, 0.1) is 11.8 Å². The number of morpholine rings is 1. The number of hydrogen-bond acceptors (Lipinski definition) is 9. The van der Waals surface area contributed by atoms with E-state index in [0.717, 1.165) is 11.1 Å². The van der Waals surface area contributed by atoms with Gasteiger partial charge in [0.15, 0.2) is 0 Å². The van der Waals surface area contributed by atoms with Gasteiger partial charge in [0.05, 0.1) is 19.8 Å². The fourth-order valence-electron chi connectivity index (χ4n) is 8.53. The Morgan fingerprint density at radius 3 is 1.21 bits per heavy atom. The summed E-state index contributed by atoms with van der Waals surface area (Å²) in [5, 5.41) is 27.1. The zero-order chi connectivity index (χ0) is 51.8. The number of carbonyl (C=O) groups is 7. The number of ether oxygens (including phenoxy) is 1. The second-order valence-electron chi connectivity index (χ2n) is 19.3. The van der Waals surface area contributed by atoms with Gasteiger partial charge in [0.1, 0.15) is 36.3 Å². The number of carboxylic acid groups (broad SMARTS) is 1. The zero-order valence-electron chi connectivity index (χ0n) is 42.0. The van der Waals surface area contributed by atoms with Crippen LogP contribution in [0.1, 0.15) is 75.6 Å². The van der Waals surface area contributed by atoms with Crippen LogP contribution in [0.3, 0.4) is 0 Å². The molecule has 0 unspecified atom stereocenters. The van der Waals surface area contributed by atoms with Crippen molar-refractivity contribution < 1.29 is 43.4 Å². The number of amides is 6. The number of nitrogens with one attached hydrogen (secondary N) is 6. The molecule has 4 aromatic rings. The van der Waals surface area contributed by atoms with E-state index in [0.29, 0.717) is 50.3 Å². The van der Waals surface area contributed by atoms with Gasteiger partial charge in [-0.1, -0.05) is 149 Å². The van der Waals surface area contributed by atoms with Gasteiger partial charge in [0, 0.05) is 25.9 Å². The Hall–Kier alpha value is -6.91. The Kier molecular flexibility index (Phi) is 22.9. The molecule has 1 aliphatic heterocycles. The average Bonchev–Trinajstić information content (AvgIpc) is 3.36. The molecular weight excluding hydrogens is 915 g/mol. The maximum Gasteiger partial charge on any atom is 0.326 e. The van der Waals surface area contributed by atoms with E-state index < -0.39 is 71.8 Å². The summed E-state index contributed by atoms with van der Waals surface area (Å²) < 4.78 is 5.43. The van der Waals surface area contributed by atoms with Gasteiger partial charge in [-0.3, -0.25) is 33.7 Å². The van der Waals surface area contributed by atoms with Gasteiger partial charge in [0.2, 0.25) is 35.4 Å². The van der Waals surface area contributed by atoms with Gasteiger partial charge in [-0.25, -0.2) is 4.79 Å². The lowest BCUT2D eigenvalue weighted by atomic mass is 9.98. The van der Waals surface area contributed by atoms with Crippen LogP contribution in [0.2, 0.25) is 0 Å². The molecule has 386 valence electrons. The molecule has 0 spiro atoms. The summed E-state index contributed by atoms with van der Waals surface area (Å²) in [5.41, 5.74) is 3.30. The van der Waals surface area contributed by atoms with Crippen molar-refractivity contribution in [3.8, 4) is 0 Å². The maximum atomic E-state index is 14.7. The van der Waals surface area contributed by atoms with E-state index >= 15 is 0 Å². The number of carboxylic acids is 1. The summed E-state index contributed by atoms with van der Waals surface area (Å²) >= 11 is 0.